The summed E-state index contributed by atoms with van der Waals surface area (Å²) in [5.74, 6) is 0.440. The number of aliphatic imine (C=N–C) groups is 1. The Balaban J connectivity index is 0.000000123. The molecule has 41 heteroatoms. The first-order valence-electron chi connectivity index (χ1n) is 45.4. The molecule has 7 N–H and O–H groups in total. The molecule has 36 nitrogen and oxygen atoms in total. The Labute approximate surface area is 802 Å². The summed E-state index contributed by atoms with van der Waals surface area (Å²) in [5, 5.41) is 62.8. The molecule has 4 atom stereocenters. The summed E-state index contributed by atoms with van der Waals surface area (Å²) in [6.07, 6.45) is 19.5. The maximum absolute atomic E-state index is 13.8. The third-order valence-electron chi connectivity index (χ3n) is 24.1. The number of benzene rings is 4. The normalized spacial score (nSPS) is 16.3. The Kier molecular flexibility index (Phi) is 28.0. The topological polar surface area (TPSA) is 439 Å². The first-order chi connectivity index (χ1) is 67.4. The van der Waals surface area contributed by atoms with Crippen LogP contribution in [0.25, 0.3) is 78.4 Å². The molecule has 17 aromatic rings. The van der Waals surface area contributed by atoms with Crippen LogP contribution in [-0.4, -0.2) is 195 Å². The summed E-state index contributed by atoms with van der Waals surface area (Å²) in [4.78, 5) is 89.5. The van der Waals surface area contributed by atoms with E-state index in [9.17, 15) is 42.0 Å². The highest BCUT2D eigenvalue weighted by atomic mass is 79.9. The Morgan fingerprint density at radius 1 is 0.432 bits per heavy atom. The van der Waals surface area contributed by atoms with Crippen LogP contribution in [0.2, 0.25) is 0 Å². The van der Waals surface area contributed by atoms with E-state index in [1.165, 1.54) is 48.5 Å². The first-order valence-corrected chi connectivity index (χ1v) is 46.3. The van der Waals surface area contributed by atoms with Crippen molar-refractivity contribution in [1.82, 2.24) is 114 Å². The van der Waals surface area contributed by atoms with Gasteiger partial charge in [-0.2, -0.15) is 51.3 Å². The molecule has 4 saturated heterocycles. The van der Waals surface area contributed by atoms with Crippen LogP contribution >= 0.6 is 15.9 Å². The second-order valence-corrected chi connectivity index (χ2v) is 35.4. The van der Waals surface area contributed by atoms with Gasteiger partial charge in [-0.25, -0.2) is 75.3 Å². The maximum Gasteiger partial charge on any atom is 0.252 e. The monoisotopic (exact) mass is 1940 g/mol. The van der Waals surface area contributed by atoms with Gasteiger partial charge in [-0.15, -0.1) is 0 Å². The molecule has 139 heavy (non-hydrogen) atoms. The van der Waals surface area contributed by atoms with Gasteiger partial charge in [0.2, 0.25) is 5.91 Å². The number of alkyl halides is 1. The number of hydrogen-bond acceptors (Lipinski definition) is 23. The number of H-pyrrole nitrogens is 2. The predicted octanol–water partition coefficient (Wildman–Crippen LogP) is 14.6. The van der Waals surface area contributed by atoms with Gasteiger partial charge in [0.05, 0.1) is 126 Å². The van der Waals surface area contributed by atoms with Gasteiger partial charge in [0.15, 0.2) is 34.1 Å². The van der Waals surface area contributed by atoms with Gasteiger partial charge < -0.3 is 41.4 Å². The number of amides is 4. The number of aromatic nitrogens is 22. The number of nitrogens with zero attached hydrogens (tertiary/aromatic N) is 27. The smallest absolute Gasteiger partial charge is 0.252 e. The van der Waals surface area contributed by atoms with Gasteiger partial charge in [0.1, 0.15) is 76.5 Å². The van der Waals surface area contributed by atoms with Crippen molar-refractivity contribution in [2.24, 2.45) is 16.5 Å². The molecule has 18 heterocycles. The second kappa shape index (κ2) is 41.2. The number of halogens is 5. The number of carbonyl (C=O) groups excluding carboxylic acids is 4. The highest BCUT2D eigenvalue weighted by Gasteiger charge is 2.43. The molecule has 708 valence electrons. The minimum absolute atomic E-state index is 0.0477. The lowest BCUT2D eigenvalue weighted by molar-refractivity contribution is -0.120. The number of hydrogen-bond donors (Lipinski definition) is 5. The number of anilines is 4. The minimum atomic E-state index is -0.552. The van der Waals surface area contributed by atoms with Crippen molar-refractivity contribution < 1.29 is 36.7 Å². The lowest BCUT2D eigenvalue weighted by atomic mass is 10.1. The van der Waals surface area contributed by atoms with Gasteiger partial charge in [0, 0.05) is 83.0 Å². The van der Waals surface area contributed by atoms with Crippen LogP contribution in [-0.2, 0) is 19.2 Å². The van der Waals surface area contributed by atoms with Crippen LogP contribution in [0.4, 0.5) is 40.3 Å². The number of nitrogens with one attached hydrogen (secondary N) is 3. The van der Waals surface area contributed by atoms with E-state index in [0.717, 1.165) is 109 Å². The molecule has 0 aliphatic carbocycles. The zero-order chi connectivity index (χ0) is 97.6. The van der Waals surface area contributed by atoms with Crippen molar-refractivity contribution in [3.05, 3.63) is 271 Å². The number of amidine groups is 1. The van der Waals surface area contributed by atoms with Crippen molar-refractivity contribution in [2.75, 3.05) is 72.0 Å². The maximum atomic E-state index is 13.8. The molecule has 22 rings (SSSR count). The van der Waals surface area contributed by atoms with E-state index >= 15 is 0 Å². The van der Waals surface area contributed by atoms with Crippen molar-refractivity contribution in [2.45, 2.75) is 128 Å². The molecule has 5 aliphatic rings. The lowest BCUT2D eigenvalue weighted by Gasteiger charge is -2.20. The number of pyridine rings is 4. The van der Waals surface area contributed by atoms with Crippen LogP contribution in [0.15, 0.2) is 213 Å². The zero-order valence-electron chi connectivity index (χ0n) is 77.0. The van der Waals surface area contributed by atoms with Crippen molar-refractivity contribution >= 4 is 112 Å². The van der Waals surface area contributed by atoms with E-state index in [1.54, 1.807) is 181 Å². The lowest BCUT2D eigenvalue weighted by Crippen LogP contribution is -2.29. The Morgan fingerprint density at radius 3 is 1.14 bits per heavy atom. The Bertz CT molecular complexity index is 7440. The highest BCUT2D eigenvalue weighted by Crippen LogP contribution is 2.43. The fraction of sp³-hybridized carbons (Fsp3) is 0.286. The number of carbonyl (C=O) groups is 4. The van der Waals surface area contributed by atoms with Gasteiger partial charge in [-0.1, -0.05) is 71.3 Å². The quantitative estimate of drug-likeness (QED) is 0.0393. The SMILES string of the molecule is CC(C)c1c(N2CCC(Br)C2=O)cnn1-c1ccc(F)cc1.CC(C)c1c(N2CCC(n3nc(-c4ncc[nH]4)c4cccnc43)C2=O)cnn1-c1ccc(F)cc1.CC(C)c1c(N2CCC(n3nc(C#N)c4cccnc43)C2=O)cnn1-c1ccc(F)cc1.CC(C)c1c(N2CCC(n3nc(C4=NCCN4)c4cccnc43)C2=O)cnn1-c1ccc(F)cc1.N#Cc1[nH]nc2ncccc12.NCCN. The average Bonchev–Trinajstić information content (AvgIpc) is 1.60. The van der Waals surface area contributed by atoms with Gasteiger partial charge in [-0.05, 0) is 195 Å². The highest BCUT2D eigenvalue weighted by molar-refractivity contribution is 9.10. The third-order valence-corrected chi connectivity index (χ3v) is 24.9. The number of imidazole rings is 1. The molecule has 4 fully saturated rings. The van der Waals surface area contributed by atoms with Gasteiger partial charge in [-0.3, -0.25) is 29.3 Å². The largest absolute Gasteiger partial charge is 0.367 e. The van der Waals surface area contributed by atoms with Crippen LogP contribution in [0.1, 0.15) is 163 Å². The molecule has 5 aliphatic heterocycles. The summed E-state index contributed by atoms with van der Waals surface area (Å²) in [6, 6.07) is 42.0. The molecule has 0 spiro atoms. The minimum Gasteiger partial charge on any atom is -0.367 e. The molecule has 4 aromatic carbocycles. The van der Waals surface area contributed by atoms with E-state index in [-0.39, 0.29) is 81.1 Å². The third kappa shape index (κ3) is 19.0. The fourth-order valence-corrected chi connectivity index (χ4v) is 18.2. The predicted molar refractivity (Wildman–Crippen MR) is 519 cm³/mol. The summed E-state index contributed by atoms with van der Waals surface area (Å²) >= 11 is 3.40. The Morgan fingerprint density at radius 2 is 0.791 bits per heavy atom. The molecule has 13 aromatic heterocycles. The summed E-state index contributed by atoms with van der Waals surface area (Å²) < 4.78 is 65.6. The summed E-state index contributed by atoms with van der Waals surface area (Å²) in [5.41, 5.74) is 24.1. The molecule has 0 radical (unpaired) electrons. The second-order valence-electron chi connectivity index (χ2n) is 34.3. The summed E-state index contributed by atoms with van der Waals surface area (Å²) in [7, 11) is 0. The number of rotatable bonds is 18. The van der Waals surface area contributed by atoms with Crippen LogP contribution in [0.5, 0.6) is 0 Å². The number of nitriles is 2. The fourth-order valence-electron chi connectivity index (χ4n) is 17.7. The molecular weight excluding hydrogens is 1850 g/mol. The molecule has 0 saturated carbocycles. The van der Waals surface area contributed by atoms with E-state index in [1.807, 2.05) is 50.2 Å². The van der Waals surface area contributed by atoms with Crippen molar-refractivity contribution in [3.63, 3.8) is 0 Å². The molecule has 4 unspecified atom stereocenters. The summed E-state index contributed by atoms with van der Waals surface area (Å²) in [6.45, 7) is 21.3. The molecule has 4 amide bonds. The zero-order valence-corrected chi connectivity index (χ0v) is 78.6. The van der Waals surface area contributed by atoms with Crippen LogP contribution in [0.3, 0.4) is 0 Å². The molecular formula is C98H97BrF4N32O4. The van der Waals surface area contributed by atoms with Crippen LogP contribution in [0, 0.1) is 45.9 Å². The van der Waals surface area contributed by atoms with Crippen LogP contribution < -0.4 is 36.4 Å². The molecule has 0 bridgehead atoms. The average molecular weight is 1940 g/mol. The van der Waals surface area contributed by atoms with E-state index < -0.39 is 18.1 Å². The van der Waals surface area contributed by atoms with Crippen molar-refractivity contribution in [3.8, 4) is 46.4 Å². The van der Waals surface area contributed by atoms with Gasteiger partial charge >= 0.3 is 0 Å². The van der Waals surface area contributed by atoms with Gasteiger partial charge in [0.25, 0.3) is 17.7 Å². The number of fused-ring (bicyclic) bond motifs is 4. The number of aromatic amines is 2. The standard InChI is InChI=1S/C25H25FN8O.C25H23FN8O.C23H20FN7O.C16H17BrFN3O.C7H4N4.C2H8N2/c2*1-15(2)22-20(14-30-33(22)17-7-5-16(26)6-8-17)32-13-9-19(25(32)35)34-24-18(4-3-10-29-24)21(31-34)23-27-11-12-28-23;1-14(2)21-20(13-27-30(21)16-7-5-15(24)6-8-16)29-11-9-19(23(29)32)31-22-17(4-3-10-26-22)18(12-25)28-31;1-10(2)15-14(20-8-7-13(17)16(20)22)9-19-21(15)12-5-3-11(18)4-6-12;8-4-6-5-2-1-3-9-7(5)11-10-6;3-1-2-4/h3-8,10,14-15,19H,9,11-13H2,1-2H3,(H,27,28);3-8,10-12,14-15,19H,9,13H2,1-2H3,(H,27,28);3-8,10,13-14,19H,9,11H2,1-2H3;3-6,9-10,13H,7-8H2,1-2H3;1-3H,(H,9,10,11);1-4H2. The van der Waals surface area contributed by atoms with E-state index in [2.05, 4.69) is 139 Å². The first kappa shape index (κ1) is 94.6. The van der Waals surface area contributed by atoms with Crippen molar-refractivity contribution in [1.29, 1.82) is 10.5 Å². The number of nitrogens with two attached hydrogens (primary N) is 2. The van der Waals surface area contributed by atoms with E-state index in [0.29, 0.717) is 110 Å². The Hall–Kier alpha value is -16.1. The van der Waals surface area contributed by atoms with E-state index in [4.69, 9.17) is 26.9 Å².